The van der Waals surface area contributed by atoms with E-state index in [2.05, 4.69) is 10.3 Å². The maximum Gasteiger partial charge on any atom is 0.237 e. The number of hydrogen-bond acceptors (Lipinski definition) is 5. The van der Waals surface area contributed by atoms with Gasteiger partial charge in [0.05, 0.1) is 16.7 Å². The van der Waals surface area contributed by atoms with Gasteiger partial charge in [-0.15, -0.1) is 36.2 Å². The number of nitrogens with zero attached hydrogens (tertiary/aromatic N) is 1. The lowest BCUT2D eigenvalue weighted by Crippen LogP contribution is -2.47. The van der Waals surface area contributed by atoms with Crippen LogP contribution in [0.2, 0.25) is 0 Å². The zero-order valence-corrected chi connectivity index (χ0v) is 14.5. The second-order valence-corrected chi connectivity index (χ2v) is 5.94. The number of nitrogens with one attached hydrogen (secondary N) is 1. The van der Waals surface area contributed by atoms with Crippen LogP contribution in [0.25, 0.3) is 0 Å². The smallest absolute Gasteiger partial charge is 0.237 e. The quantitative estimate of drug-likeness (QED) is 0.842. The Kier molecular flexibility index (Phi) is 10.1. The van der Waals surface area contributed by atoms with Gasteiger partial charge >= 0.3 is 0 Å². The molecule has 1 aliphatic heterocycles. The summed E-state index contributed by atoms with van der Waals surface area (Å²) in [5.74, 6) is 0.189. The summed E-state index contributed by atoms with van der Waals surface area (Å²) in [4.78, 5) is 16.3. The fourth-order valence-electron chi connectivity index (χ4n) is 2.24. The van der Waals surface area contributed by atoms with Gasteiger partial charge in [-0.3, -0.25) is 4.79 Å². The number of rotatable bonds is 5. The van der Waals surface area contributed by atoms with Gasteiger partial charge in [0.2, 0.25) is 5.91 Å². The van der Waals surface area contributed by atoms with E-state index < -0.39 is 6.04 Å². The van der Waals surface area contributed by atoms with Crippen LogP contribution >= 0.6 is 36.2 Å². The number of nitrogens with two attached hydrogens (primary N) is 1. The van der Waals surface area contributed by atoms with Crippen LogP contribution in [-0.2, 0) is 16.0 Å². The lowest BCUT2D eigenvalue weighted by atomic mass is 9.92. The molecule has 1 fully saturated rings. The highest BCUT2D eigenvalue weighted by Gasteiger charge is 2.26. The number of ether oxygens (including phenoxy) is 1. The van der Waals surface area contributed by atoms with Crippen molar-refractivity contribution in [2.24, 2.45) is 11.7 Å². The Hall–Kier alpha value is -0.400. The van der Waals surface area contributed by atoms with Gasteiger partial charge in [-0.25, -0.2) is 4.98 Å². The third-order valence-corrected chi connectivity index (χ3v) is 4.25. The number of aryl methyl sites for hydroxylation is 1. The van der Waals surface area contributed by atoms with Crippen molar-refractivity contribution in [3.8, 4) is 0 Å². The van der Waals surface area contributed by atoms with Crippen molar-refractivity contribution < 1.29 is 9.53 Å². The molecule has 0 bridgehead atoms. The standard InChI is InChI=1S/C13H21N3O2S.2ClH/c1-9-16-11(8-19-9)2-5-15-13(17)12(14)10-3-6-18-7-4-10;;/h8,10,12H,2-7,14H2,1H3,(H,15,17);2*1H. The minimum absolute atomic E-state index is 0. The topological polar surface area (TPSA) is 77.2 Å². The Morgan fingerprint density at radius 1 is 1.52 bits per heavy atom. The predicted molar refractivity (Wildman–Crippen MR) is 89.6 cm³/mol. The summed E-state index contributed by atoms with van der Waals surface area (Å²) in [6, 6.07) is -0.416. The van der Waals surface area contributed by atoms with Gasteiger partial charge in [-0.05, 0) is 25.7 Å². The molecule has 1 aliphatic rings. The normalized spacial score (nSPS) is 16.5. The molecule has 0 aliphatic carbocycles. The van der Waals surface area contributed by atoms with E-state index in [4.69, 9.17) is 10.5 Å². The van der Waals surface area contributed by atoms with E-state index in [-0.39, 0.29) is 36.6 Å². The summed E-state index contributed by atoms with van der Waals surface area (Å²) < 4.78 is 5.28. The minimum Gasteiger partial charge on any atom is -0.381 e. The van der Waals surface area contributed by atoms with E-state index in [9.17, 15) is 4.79 Å². The SMILES string of the molecule is Cc1nc(CCNC(=O)C(N)C2CCOCC2)cs1.Cl.Cl. The van der Waals surface area contributed by atoms with Crippen LogP contribution in [0.3, 0.4) is 0 Å². The van der Waals surface area contributed by atoms with E-state index in [1.807, 2.05) is 12.3 Å². The second kappa shape index (κ2) is 10.3. The van der Waals surface area contributed by atoms with Crippen molar-refractivity contribution in [3.63, 3.8) is 0 Å². The first kappa shape index (κ1) is 20.6. The summed E-state index contributed by atoms with van der Waals surface area (Å²) in [7, 11) is 0. The summed E-state index contributed by atoms with van der Waals surface area (Å²) in [5, 5.41) is 5.98. The summed E-state index contributed by atoms with van der Waals surface area (Å²) >= 11 is 1.63. The van der Waals surface area contributed by atoms with Crippen LogP contribution in [0.15, 0.2) is 5.38 Å². The number of hydrogen-bond donors (Lipinski definition) is 2. The number of thiazole rings is 1. The van der Waals surface area contributed by atoms with Crippen molar-refractivity contribution >= 4 is 42.1 Å². The number of carbonyl (C=O) groups excluding carboxylic acids is 1. The highest BCUT2D eigenvalue weighted by Crippen LogP contribution is 2.17. The average Bonchev–Trinajstić information content (AvgIpc) is 2.84. The van der Waals surface area contributed by atoms with Crippen molar-refractivity contribution in [2.75, 3.05) is 19.8 Å². The number of aromatic nitrogens is 1. The molecule has 0 spiro atoms. The zero-order valence-electron chi connectivity index (χ0n) is 12.0. The lowest BCUT2D eigenvalue weighted by Gasteiger charge is -2.26. The molecule has 2 heterocycles. The molecule has 1 atom stereocenters. The number of halogens is 2. The fraction of sp³-hybridized carbons (Fsp3) is 0.692. The van der Waals surface area contributed by atoms with E-state index in [0.717, 1.165) is 30.0 Å². The highest BCUT2D eigenvalue weighted by atomic mass is 35.5. The summed E-state index contributed by atoms with van der Waals surface area (Å²) in [5.41, 5.74) is 7.02. The molecule has 122 valence electrons. The van der Waals surface area contributed by atoms with E-state index in [0.29, 0.717) is 19.8 Å². The molecule has 3 N–H and O–H groups in total. The third-order valence-electron chi connectivity index (χ3n) is 3.42. The molecule has 1 aromatic rings. The van der Waals surface area contributed by atoms with E-state index in [1.165, 1.54) is 0 Å². The predicted octanol–water partition coefficient (Wildman–Crippen LogP) is 1.71. The van der Waals surface area contributed by atoms with Gasteiger partial charge in [0.15, 0.2) is 0 Å². The average molecular weight is 356 g/mol. The number of amides is 1. The Morgan fingerprint density at radius 3 is 2.76 bits per heavy atom. The Balaban J connectivity index is 0.00000200. The molecule has 0 aromatic carbocycles. The van der Waals surface area contributed by atoms with Crippen LogP contribution in [-0.4, -0.2) is 36.7 Å². The molecule has 1 aromatic heterocycles. The fourth-order valence-corrected chi connectivity index (χ4v) is 2.89. The van der Waals surface area contributed by atoms with Gasteiger partial charge in [0.25, 0.3) is 0 Å². The molecule has 1 saturated heterocycles. The van der Waals surface area contributed by atoms with Crippen molar-refractivity contribution in [1.82, 2.24) is 10.3 Å². The van der Waals surface area contributed by atoms with Crippen LogP contribution in [0.5, 0.6) is 0 Å². The Bertz CT molecular complexity index is 425. The largest absolute Gasteiger partial charge is 0.381 e. The minimum atomic E-state index is -0.416. The van der Waals surface area contributed by atoms with Gasteiger partial charge in [-0.1, -0.05) is 0 Å². The van der Waals surface area contributed by atoms with Gasteiger partial charge in [-0.2, -0.15) is 0 Å². The molecular formula is C13H23Cl2N3O2S. The molecule has 21 heavy (non-hydrogen) atoms. The van der Waals surface area contributed by atoms with Crippen molar-refractivity contribution in [1.29, 1.82) is 0 Å². The molecular weight excluding hydrogens is 333 g/mol. The molecule has 1 unspecified atom stereocenters. The maximum atomic E-state index is 11.9. The second-order valence-electron chi connectivity index (χ2n) is 4.87. The molecule has 8 heteroatoms. The monoisotopic (exact) mass is 355 g/mol. The van der Waals surface area contributed by atoms with Gasteiger partial charge < -0.3 is 15.8 Å². The molecule has 1 amide bonds. The van der Waals surface area contributed by atoms with E-state index in [1.54, 1.807) is 11.3 Å². The summed E-state index contributed by atoms with van der Waals surface area (Å²) in [6.07, 6.45) is 2.51. The lowest BCUT2D eigenvalue weighted by molar-refractivity contribution is -0.124. The van der Waals surface area contributed by atoms with Gasteiger partial charge in [0.1, 0.15) is 0 Å². The van der Waals surface area contributed by atoms with Crippen LogP contribution < -0.4 is 11.1 Å². The molecule has 0 radical (unpaired) electrons. The third kappa shape index (κ3) is 6.48. The van der Waals surface area contributed by atoms with Crippen LogP contribution in [0, 0.1) is 12.8 Å². The molecule has 0 saturated carbocycles. The van der Waals surface area contributed by atoms with Gasteiger partial charge in [0, 0.05) is 31.6 Å². The first-order valence-corrected chi connectivity index (χ1v) is 7.57. The number of carbonyl (C=O) groups is 1. The summed E-state index contributed by atoms with van der Waals surface area (Å²) in [6.45, 7) is 4.00. The van der Waals surface area contributed by atoms with Crippen molar-refractivity contribution in [3.05, 3.63) is 16.1 Å². The van der Waals surface area contributed by atoms with E-state index >= 15 is 0 Å². The van der Waals surface area contributed by atoms with Crippen LogP contribution in [0.4, 0.5) is 0 Å². The Labute approximate surface area is 141 Å². The molecule has 5 nitrogen and oxygen atoms in total. The maximum absolute atomic E-state index is 11.9. The first-order chi connectivity index (χ1) is 9.16. The Morgan fingerprint density at radius 2 is 2.19 bits per heavy atom. The zero-order chi connectivity index (χ0) is 13.7. The first-order valence-electron chi connectivity index (χ1n) is 6.69. The molecule has 2 rings (SSSR count). The van der Waals surface area contributed by atoms with Crippen molar-refractivity contribution in [2.45, 2.75) is 32.2 Å². The highest BCUT2D eigenvalue weighted by molar-refractivity contribution is 7.09. The van der Waals surface area contributed by atoms with Crippen LogP contribution in [0.1, 0.15) is 23.5 Å².